The second-order valence-electron chi connectivity index (χ2n) is 7.74. The van der Waals surface area contributed by atoms with Gasteiger partial charge in [-0.3, -0.25) is 13.3 Å². The van der Waals surface area contributed by atoms with E-state index in [1.165, 1.54) is 4.31 Å². The van der Waals surface area contributed by atoms with E-state index in [-0.39, 0.29) is 19.6 Å². The number of rotatable bonds is 11. The summed E-state index contributed by atoms with van der Waals surface area (Å²) in [6.45, 7) is 0.550. The molecular weight excluding hydrogens is 466 g/mol. The van der Waals surface area contributed by atoms with Crippen LogP contribution in [0.5, 0.6) is 11.5 Å². The molecule has 1 N–H and O–H groups in total. The van der Waals surface area contributed by atoms with Crippen molar-refractivity contribution in [2.45, 2.75) is 12.8 Å². The molecule has 7 nitrogen and oxygen atoms in total. The van der Waals surface area contributed by atoms with E-state index in [0.717, 1.165) is 16.3 Å². The minimum Gasteiger partial charge on any atom is -0.755 e. The lowest BCUT2D eigenvalue weighted by Crippen LogP contribution is -2.19. The largest absolute Gasteiger partial charge is 0.755 e. The Morgan fingerprint density at radius 2 is 1.49 bits per heavy atom. The van der Waals surface area contributed by atoms with Gasteiger partial charge >= 0.3 is 5.97 Å². The van der Waals surface area contributed by atoms with Crippen LogP contribution in [0.25, 0.3) is 10.8 Å². The van der Waals surface area contributed by atoms with Gasteiger partial charge in [0.1, 0.15) is 24.7 Å². The topological polar surface area (TPSA) is 99.1 Å². The van der Waals surface area contributed by atoms with Crippen molar-refractivity contribution in [2.24, 2.45) is 0 Å². The molecule has 0 spiro atoms. The zero-order valence-corrected chi connectivity index (χ0v) is 19.6. The first-order valence-corrected chi connectivity index (χ1v) is 12.1. The maximum atomic E-state index is 12.0. The molecule has 0 aliphatic rings. The lowest BCUT2D eigenvalue weighted by Gasteiger charge is -2.27. The summed E-state index contributed by atoms with van der Waals surface area (Å²) in [5.74, 6) is 0.356. The number of nitrogens with zero attached hydrogens (tertiary/aromatic N) is 1. The molecule has 8 heteroatoms. The molecule has 0 aliphatic carbocycles. The molecule has 35 heavy (non-hydrogen) atoms. The van der Waals surface area contributed by atoms with Gasteiger partial charge in [-0.25, -0.2) is 0 Å². The molecule has 0 radical (unpaired) electrons. The normalized spacial score (nSPS) is 11.7. The minimum absolute atomic E-state index is 0.0353. The number of carboxylic acid groups (broad SMARTS) is 1. The van der Waals surface area contributed by atoms with E-state index in [1.807, 2.05) is 54.6 Å². The number of aryl methyl sites for hydroxylation is 1. The monoisotopic (exact) mass is 490 g/mol. The summed E-state index contributed by atoms with van der Waals surface area (Å²) in [7, 11) is 0. The number of ether oxygens (including phenoxy) is 2. The fourth-order valence-electron chi connectivity index (χ4n) is 3.71. The van der Waals surface area contributed by atoms with Crippen LogP contribution in [0, 0.1) is 0 Å². The first-order chi connectivity index (χ1) is 17.0. The molecule has 0 amide bonds. The van der Waals surface area contributed by atoms with Crippen LogP contribution in [-0.4, -0.2) is 33.1 Å². The molecule has 4 aromatic rings. The maximum absolute atomic E-state index is 12.0. The van der Waals surface area contributed by atoms with E-state index in [2.05, 4.69) is 0 Å². The van der Waals surface area contributed by atoms with Gasteiger partial charge in [0.2, 0.25) is 0 Å². The van der Waals surface area contributed by atoms with Gasteiger partial charge in [-0.2, -0.15) is 0 Å². The van der Waals surface area contributed by atoms with Gasteiger partial charge < -0.3 is 19.1 Å². The van der Waals surface area contributed by atoms with Crippen LogP contribution < -0.4 is 13.8 Å². The quantitative estimate of drug-likeness (QED) is 0.228. The number of aliphatic carboxylic acids is 1. The highest BCUT2D eigenvalue weighted by atomic mass is 32.2. The summed E-state index contributed by atoms with van der Waals surface area (Å²) in [5, 5.41) is 10.9. The fraction of sp³-hybridized carbons (Fsp3) is 0.148. The molecule has 0 saturated heterocycles. The Balaban J connectivity index is 1.37. The first-order valence-electron chi connectivity index (χ1n) is 11.0. The average Bonchev–Trinajstić information content (AvgIpc) is 2.86. The lowest BCUT2D eigenvalue weighted by atomic mass is 10.1. The SMILES string of the molecule is O=C(O)CCc1ccccc1OCCOc1ccc(N(c2ccc3ccccc3c2)S(=O)[O-])cc1. The molecular formula is C27H24NO6S-. The number of hydrogen-bond acceptors (Lipinski definition) is 5. The Hall–Kier alpha value is -3.88. The van der Waals surface area contributed by atoms with Crippen molar-refractivity contribution in [3.05, 3.63) is 96.6 Å². The summed E-state index contributed by atoms with van der Waals surface area (Å²) in [6, 6.07) is 27.4. The molecule has 4 aromatic carbocycles. The van der Waals surface area contributed by atoms with E-state index in [9.17, 15) is 13.6 Å². The standard InChI is InChI=1S/C27H25NO6S/c29-27(30)16-10-21-6-3-4-8-26(21)34-18-17-33-25-14-12-23(13-15-25)28(35(31)32)24-11-9-20-5-1-2-7-22(20)19-24/h1-9,11-15,19H,10,16-18H2,(H,29,30)(H,31,32)/p-1. The van der Waals surface area contributed by atoms with Crippen molar-refractivity contribution in [1.82, 2.24) is 0 Å². The highest BCUT2D eigenvalue weighted by molar-refractivity contribution is 7.81. The third-order valence-electron chi connectivity index (χ3n) is 5.38. The molecule has 4 rings (SSSR count). The Labute approximate surface area is 206 Å². The number of fused-ring (bicyclic) bond motifs is 1. The number of para-hydroxylation sites is 1. The number of carboxylic acids is 1. The van der Waals surface area contributed by atoms with Crippen molar-refractivity contribution < 1.29 is 28.1 Å². The first kappa shape index (κ1) is 24.3. The molecule has 1 unspecified atom stereocenters. The van der Waals surface area contributed by atoms with Gasteiger partial charge in [0.05, 0.1) is 22.6 Å². The number of hydrogen-bond donors (Lipinski definition) is 1. The van der Waals surface area contributed by atoms with Crippen LogP contribution >= 0.6 is 0 Å². The third kappa shape index (κ3) is 6.38. The number of benzene rings is 4. The van der Waals surface area contributed by atoms with Crippen molar-refractivity contribution >= 4 is 39.4 Å². The molecule has 180 valence electrons. The molecule has 0 saturated carbocycles. The van der Waals surface area contributed by atoms with Crippen LogP contribution in [0.3, 0.4) is 0 Å². The van der Waals surface area contributed by atoms with Gasteiger partial charge in [0, 0.05) is 6.42 Å². The smallest absolute Gasteiger partial charge is 0.303 e. The predicted molar refractivity (Wildman–Crippen MR) is 135 cm³/mol. The van der Waals surface area contributed by atoms with E-state index in [1.54, 1.807) is 36.4 Å². The Bertz CT molecular complexity index is 1320. The second-order valence-corrected chi connectivity index (χ2v) is 8.53. The van der Waals surface area contributed by atoms with Crippen molar-refractivity contribution in [3.63, 3.8) is 0 Å². The zero-order chi connectivity index (χ0) is 24.6. The Morgan fingerprint density at radius 1 is 0.829 bits per heavy atom. The molecule has 1 atom stereocenters. The van der Waals surface area contributed by atoms with E-state index < -0.39 is 17.2 Å². The van der Waals surface area contributed by atoms with E-state index in [4.69, 9.17) is 14.6 Å². The third-order valence-corrected chi connectivity index (χ3v) is 6.10. The predicted octanol–water partition coefficient (Wildman–Crippen LogP) is 5.25. The maximum Gasteiger partial charge on any atom is 0.303 e. The molecule has 0 aliphatic heterocycles. The molecule has 0 aromatic heterocycles. The summed E-state index contributed by atoms with van der Waals surface area (Å²) < 4.78 is 36.8. The highest BCUT2D eigenvalue weighted by Gasteiger charge is 2.12. The average molecular weight is 491 g/mol. The summed E-state index contributed by atoms with van der Waals surface area (Å²) in [5.41, 5.74) is 1.86. The van der Waals surface area contributed by atoms with Crippen molar-refractivity contribution in [2.75, 3.05) is 17.5 Å². The van der Waals surface area contributed by atoms with Crippen molar-refractivity contribution in [1.29, 1.82) is 0 Å². The van der Waals surface area contributed by atoms with Gasteiger partial charge in [-0.05, 0) is 65.2 Å². The van der Waals surface area contributed by atoms with Crippen LogP contribution in [0.2, 0.25) is 0 Å². The van der Waals surface area contributed by atoms with Crippen LogP contribution in [0.1, 0.15) is 12.0 Å². The molecule has 0 fully saturated rings. The number of carbonyl (C=O) groups is 1. The summed E-state index contributed by atoms with van der Waals surface area (Å²) in [4.78, 5) is 10.8. The van der Waals surface area contributed by atoms with Gasteiger partial charge in [0.25, 0.3) is 0 Å². The second kappa shape index (κ2) is 11.5. The Kier molecular flexibility index (Phi) is 7.97. The minimum atomic E-state index is -2.50. The van der Waals surface area contributed by atoms with E-state index >= 15 is 0 Å². The van der Waals surface area contributed by atoms with Crippen LogP contribution in [0.15, 0.2) is 91.0 Å². The molecule has 0 heterocycles. The Morgan fingerprint density at radius 3 is 2.23 bits per heavy atom. The lowest BCUT2D eigenvalue weighted by molar-refractivity contribution is -0.136. The zero-order valence-electron chi connectivity index (χ0n) is 18.8. The number of anilines is 2. The fourth-order valence-corrected chi connectivity index (χ4v) is 4.29. The highest BCUT2D eigenvalue weighted by Crippen LogP contribution is 2.31. The van der Waals surface area contributed by atoms with Gasteiger partial charge in [0.15, 0.2) is 0 Å². The molecule has 0 bridgehead atoms. The summed E-state index contributed by atoms with van der Waals surface area (Å²) in [6.07, 6.45) is 0.427. The van der Waals surface area contributed by atoms with Crippen LogP contribution in [-0.2, 0) is 22.5 Å². The van der Waals surface area contributed by atoms with Crippen LogP contribution in [0.4, 0.5) is 11.4 Å². The van der Waals surface area contributed by atoms with Crippen molar-refractivity contribution in [3.8, 4) is 11.5 Å². The summed E-state index contributed by atoms with van der Waals surface area (Å²) >= 11 is -2.50. The van der Waals surface area contributed by atoms with Gasteiger partial charge in [-0.1, -0.05) is 48.5 Å². The van der Waals surface area contributed by atoms with E-state index in [0.29, 0.717) is 29.3 Å². The van der Waals surface area contributed by atoms with Gasteiger partial charge in [-0.15, -0.1) is 0 Å².